The lowest BCUT2D eigenvalue weighted by Gasteiger charge is -2.17. The number of carbonyl (C=O) groups is 1. The van der Waals surface area contributed by atoms with Gasteiger partial charge in [0.2, 0.25) is 5.91 Å². The third-order valence-corrected chi connectivity index (χ3v) is 1.65. The molecule has 0 radical (unpaired) electrons. The Balaban J connectivity index is 2.61. The van der Waals surface area contributed by atoms with E-state index < -0.39 is 0 Å². The van der Waals surface area contributed by atoms with Crippen molar-refractivity contribution in [3.05, 3.63) is 0 Å². The monoisotopic (exact) mass is 143 g/mol. The summed E-state index contributed by atoms with van der Waals surface area (Å²) < 4.78 is 0. The number of rotatable bonds is 1. The highest BCUT2D eigenvalue weighted by Crippen LogP contribution is 2.16. The van der Waals surface area contributed by atoms with Crippen molar-refractivity contribution in [3.63, 3.8) is 0 Å². The van der Waals surface area contributed by atoms with Gasteiger partial charge in [0.25, 0.3) is 0 Å². The van der Waals surface area contributed by atoms with Crippen LogP contribution in [0, 0.1) is 0 Å². The standard InChI is InChI=1S/C6H13N3O/c1-6(7)3-5(10)9(4-6)8-2/h8H,3-4,7H2,1-2H3. The average Bonchev–Trinajstić information content (AvgIpc) is 2.05. The fraction of sp³-hybridized carbons (Fsp3) is 0.833. The fourth-order valence-electron chi connectivity index (χ4n) is 1.15. The van der Waals surface area contributed by atoms with Gasteiger partial charge in [-0.3, -0.25) is 9.80 Å². The topological polar surface area (TPSA) is 58.4 Å². The first-order valence-electron chi connectivity index (χ1n) is 3.32. The van der Waals surface area contributed by atoms with Crippen LogP contribution in [0.5, 0.6) is 0 Å². The van der Waals surface area contributed by atoms with Gasteiger partial charge in [0.05, 0.1) is 6.54 Å². The molecule has 10 heavy (non-hydrogen) atoms. The highest BCUT2D eigenvalue weighted by molar-refractivity contribution is 5.79. The molecular weight excluding hydrogens is 130 g/mol. The lowest BCUT2D eigenvalue weighted by Crippen LogP contribution is -2.42. The molecule has 1 amide bonds. The van der Waals surface area contributed by atoms with Gasteiger partial charge in [-0.15, -0.1) is 0 Å². The minimum absolute atomic E-state index is 0.0764. The van der Waals surface area contributed by atoms with Crippen LogP contribution < -0.4 is 11.2 Å². The van der Waals surface area contributed by atoms with Gasteiger partial charge >= 0.3 is 0 Å². The zero-order chi connectivity index (χ0) is 7.78. The summed E-state index contributed by atoms with van der Waals surface area (Å²) in [4.78, 5) is 11.0. The van der Waals surface area contributed by atoms with Gasteiger partial charge in [-0.05, 0) is 6.92 Å². The molecular formula is C6H13N3O. The first-order valence-corrected chi connectivity index (χ1v) is 3.32. The van der Waals surface area contributed by atoms with Crippen LogP contribution in [0.2, 0.25) is 0 Å². The van der Waals surface area contributed by atoms with Crippen LogP contribution in [-0.4, -0.2) is 30.0 Å². The zero-order valence-electron chi connectivity index (χ0n) is 6.35. The molecule has 1 unspecified atom stereocenters. The predicted molar refractivity (Wildman–Crippen MR) is 38.0 cm³/mol. The first kappa shape index (κ1) is 7.50. The molecule has 4 heteroatoms. The molecule has 0 aromatic heterocycles. The summed E-state index contributed by atoms with van der Waals surface area (Å²) in [5.41, 5.74) is 8.16. The van der Waals surface area contributed by atoms with Crippen molar-refractivity contribution >= 4 is 5.91 Å². The van der Waals surface area contributed by atoms with E-state index in [4.69, 9.17) is 5.73 Å². The Labute approximate surface area is 60.3 Å². The number of hydrogen-bond donors (Lipinski definition) is 2. The number of hydrazine groups is 1. The van der Waals surface area contributed by atoms with Gasteiger partial charge in [-0.1, -0.05) is 0 Å². The number of nitrogens with zero attached hydrogens (tertiary/aromatic N) is 1. The Morgan fingerprint density at radius 2 is 2.40 bits per heavy atom. The molecule has 0 aromatic rings. The number of hydrogen-bond acceptors (Lipinski definition) is 3. The van der Waals surface area contributed by atoms with Gasteiger partial charge in [0.15, 0.2) is 0 Å². The maximum absolute atomic E-state index is 11.0. The summed E-state index contributed by atoms with van der Waals surface area (Å²) in [6.45, 7) is 2.48. The molecule has 1 atom stereocenters. The maximum atomic E-state index is 11.0. The van der Waals surface area contributed by atoms with Gasteiger partial charge in [-0.25, -0.2) is 5.43 Å². The molecule has 4 nitrogen and oxygen atoms in total. The maximum Gasteiger partial charge on any atom is 0.238 e. The minimum Gasteiger partial charge on any atom is -0.323 e. The largest absolute Gasteiger partial charge is 0.323 e. The molecule has 58 valence electrons. The normalized spacial score (nSPS) is 33.5. The van der Waals surface area contributed by atoms with Crippen molar-refractivity contribution < 1.29 is 4.79 Å². The third-order valence-electron chi connectivity index (χ3n) is 1.65. The number of amides is 1. The molecule has 1 aliphatic heterocycles. The lowest BCUT2D eigenvalue weighted by atomic mass is 10.0. The van der Waals surface area contributed by atoms with E-state index in [0.29, 0.717) is 13.0 Å². The van der Waals surface area contributed by atoms with Crippen LogP contribution in [0.3, 0.4) is 0 Å². The van der Waals surface area contributed by atoms with Crippen LogP contribution >= 0.6 is 0 Å². The molecule has 1 aliphatic rings. The van der Waals surface area contributed by atoms with E-state index in [2.05, 4.69) is 5.43 Å². The van der Waals surface area contributed by atoms with Gasteiger partial charge in [0, 0.05) is 19.0 Å². The Kier molecular flexibility index (Phi) is 1.66. The molecule has 0 spiro atoms. The summed E-state index contributed by atoms with van der Waals surface area (Å²) in [6, 6.07) is 0. The SMILES string of the molecule is CNN1CC(C)(N)CC1=O. The molecule has 0 bridgehead atoms. The van der Waals surface area contributed by atoms with Crippen LogP contribution in [0.1, 0.15) is 13.3 Å². The molecule has 0 saturated carbocycles. The van der Waals surface area contributed by atoms with Gasteiger partial charge in [-0.2, -0.15) is 0 Å². The summed E-state index contributed by atoms with van der Waals surface area (Å²) >= 11 is 0. The first-order chi connectivity index (χ1) is 4.55. The van der Waals surface area contributed by atoms with Crippen molar-refractivity contribution in [3.8, 4) is 0 Å². The highest BCUT2D eigenvalue weighted by Gasteiger charge is 2.35. The lowest BCUT2D eigenvalue weighted by molar-refractivity contribution is -0.129. The van der Waals surface area contributed by atoms with Crippen molar-refractivity contribution in [2.45, 2.75) is 18.9 Å². The van der Waals surface area contributed by atoms with E-state index in [0.717, 1.165) is 0 Å². The summed E-state index contributed by atoms with van der Waals surface area (Å²) in [5.74, 6) is 0.0764. The Hall–Kier alpha value is -0.610. The molecule has 1 saturated heterocycles. The summed E-state index contributed by atoms with van der Waals surface area (Å²) in [5, 5.41) is 1.54. The summed E-state index contributed by atoms with van der Waals surface area (Å²) in [7, 11) is 1.72. The quantitative estimate of drug-likeness (QED) is 0.498. The Morgan fingerprint density at radius 3 is 2.60 bits per heavy atom. The van der Waals surface area contributed by atoms with E-state index in [1.165, 1.54) is 0 Å². The van der Waals surface area contributed by atoms with Crippen molar-refractivity contribution in [1.82, 2.24) is 10.4 Å². The second-order valence-electron chi connectivity index (χ2n) is 3.03. The third kappa shape index (κ3) is 1.27. The highest BCUT2D eigenvalue weighted by atomic mass is 16.2. The average molecular weight is 143 g/mol. The summed E-state index contributed by atoms with van der Waals surface area (Å²) in [6.07, 6.45) is 0.438. The van der Waals surface area contributed by atoms with Crippen molar-refractivity contribution in [2.75, 3.05) is 13.6 Å². The van der Waals surface area contributed by atoms with E-state index in [1.807, 2.05) is 6.92 Å². The van der Waals surface area contributed by atoms with E-state index >= 15 is 0 Å². The van der Waals surface area contributed by atoms with E-state index in [9.17, 15) is 4.79 Å². The predicted octanol–water partition coefficient (Wildman–Crippen LogP) is -0.929. The Bertz CT molecular complexity index is 155. The molecule has 3 N–H and O–H groups in total. The number of nitrogens with one attached hydrogen (secondary N) is 1. The van der Waals surface area contributed by atoms with Gasteiger partial charge in [0.1, 0.15) is 0 Å². The Morgan fingerprint density at radius 1 is 1.80 bits per heavy atom. The number of nitrogens with two attached hydrogens (primary N) is 1. The molecule has 1 rings (SSSR count). The zero-order valence-corrected chi connectivity index (χ0v) is 6.35. The smallest absolute Gasteiger partial charge is 0.238 e. The van der Waals surface area contributed by atoms with Gasteiger partial charge < -0.3 is 5.73 Å². The van der Waals surface area contributed by atoms with E-state index in [1.54, 1.807) is 12.1 Å². The molecule has 0 aliphatic carbocycles. The van der Waals surface area contributed by atoms with E-state index in [-0.39, 0.29) is 11.4 Å². The second kappa shape index (κ2) is 2.21. The fourth-order valence-corrected chi connectivity index (χ4v) is 1.15. The second-order valence-corrected chi connectivity index (χ2v) is 3.03. The minimum atomic E-state index is -0.347. The van der Waals surface area contributed by atoms with Crippen LogP contribution in [-0.2, 0) is 4.79 Å². The van der Waals surface area contributed by atoms with Crippen LogP contribution in [0.25, 0.3) is 0 Å². The van der Waals surface area contributed by atoms with Crippen LogP contribution in [0.4, 0.5) is 0 Å². The van der Waals surface area contributed by atoms with Crippen LogP contribution in [0.15, 0.2) is 0 Å². The molecule has 0 aromatic carbocycles. The molecule has 1 heterocycles. The van der Waals surface area contributed by atoms with Crippen molar-refractivity contribution in [2.24, 2.45) is 5.73 Å². The van der Waals surface area contributed by atoms with Crippen molar-refractivity contribution in [1.29, 1.82) is 0 Å². The molecule has 1 fully saturated rings. The number of carbonyl (C=O) groups excluding carboxylic acids is 1.